The standard InChI is InChI=1S/C20H26F4N4O/c1-13(2)18-16(19(27(3)26-18)28-6-8-29-9-7-28)12-25-11-14-4-5-15(21)10-17(14)20(22,23)24/h4-5,10,13,25H,6-9,11-12H2,1-3H3. The molecule has 0 bridgehead atoms. The van der Waals surface area contributed by atoms with Crippen LogP contribution in [0.2, 0.25) is 0 Å². The second-order valence-electron chi connectivity index (χ2n) is 7.47. The van der Waals surface area contributed by atoms with Gasteiger partial charge in [-0.1, -0.05) is 19.9 Å². The van der Waals surface area contributed by atoms with Gasteiger partial charge in [-0.2, -0.15) is 18.3 Å². The lowest BCUT2D eigenvalue weighted by molar-refractivity contribution is -0.138. The number of rotatable bonds is 6. The lowest BCUT2D eigenvalue weighted by atomic mass is 10.0. The summed E-state index contributed by atoms with van der Waals surface area (Å²) < 4.78 is 60.3. The van der Waals surface area contributed by atoms with Crippen LogP contribution < -0.4 is 10.2 Å². The fourth-order valence-electron chi connectivity index (χ4n) is 3.67. The van der Waals surface area contributed by atoms with E-state index >= 15 is 0 Å². The number of hydrogen-bond acceptors (Lipinski definition) is 4. The Hall–Kier alpha value is -2.13. The molecule has 1 aromatic heterocycles. The van der Waals surface area contributed by atoms with Gasteiger partial charge in [-0.05, 0) is 23.6 Å². The van der Waals surface area contributed by atoms with Crippen molar-refractivity contribution in [3.8, 4) is 0 Å². The predicted molar refractivity (Wildman–Crippen MR) is 102 cm³/mol. The van der Waals surface area contributed by atoms with Crippen LogP contribution in [0, 0.1) is 5.82 Å². The molecule has 1 aliphatic rings. The van der Waals surface area contributed by atoms with E-state index in [1.807, 2.05) is 25.6 Å². The molecule has 1 fully saturated rings. The van der Waals surface area contributed by atoms with Crippen LogP contribution in [0.4, 0.5) is 23.4 Å². The number of ether oxygens (including phenoxy) is 1. The number of morpholine rings is 1. The maximum absolute atomic E-state index is 13.3. The topological polar surface area (TPSA) is 42.3 Å². The molecule has 3 rings (SSSR count). The zero-order chi connectivity index (χ0) is 21.2. The van der Waals surface area contributed by atoms with Crippen LogP contribution in [0.5, 0.6) is 0 Å². The summed E-state index contributed by atoms with van der Waals surface area (Å²) in [6.45, 7) is 7.14. The Kier molecular flexibility index (Phi) is 6.48. The number of aromatic nitrogens is 2. The van der Waals surface area contributed by atoms with Crippen LogP contribution in [0.15, 0.2) is 18.2 Å². The molecule has 1 saturated heterocycles. The van der Waals surface area contributed by atoms with Crippen molar-refractivity contribution in [2.45, 2.75) is 39.0 Å². The van der Waals surface area contributed by atoms with Crippen LogP contribution in [-0.4, -0.2) is 36.1 Å². The molecule has 2 heterocycles. The Morgan fingerprint density at radius 1 is 1.17 bits per heavy atom. The van der Waals surface area contributed by atoms with Crippen molar-refractivity contribution in [3.63, 3.8) is 0 Å². The second kappa shape index (κ2) is 8.71. The normalized spacial score (nSPS) is 15.4. The summed E-state index contributed by atoms with van der Waals surface area (Å²) >= 11 is 0. The van der Waals surface area contributed by atoms with Crippen LogP contribution in [0.1, 0.15) is 42.1 Å². The average Bonchev–Trinajstić information content (AvgIpc) is 2.99. The molecule has 2 aromatic rings. The number of aryl methyl sites for hydroxylation is 1. The van der Waals surface area contributed by atoms with Crippen molar-refractivity contribution in [1.82, 2.24) is 15.1 Å². The molecule has 9 heteroatoms. The Balaban J connectivity index is 1.82. The van der Waals surface area contributed by atoms with Gasteiger partial charge in [0.1, 0.15) is 11.6 Å². The number of nitrogens with one attached hydrogen (secondary N) is 1. The molecule has 1 aromatic carbocycles. The molecule has 0 aliphatic carbocycles. The number of benzene rings is 1. The quantitative estimate of drug-likeness (QED) is 0.730. The Bertz CT molecular complexity index is 842. The van der Waals surface area contributed by atoms with E-state index in [0.717, 1.165) is 36.2 Å². The van der Waals surface area contributed by atoms with Crippen molar-refractivity contribution < 1.29 is 22.3 Å². The highest BCUT2D eigenvalue weighted by Crippen LogP contribution is 2.33. The number of halogens is 4. The summed E-state index contributed by atoms with van der Waals surface area (Å²) in [4.78, 5) is 2.19. The van der Waals surface area contributed by atoms with E-state index in [9.17, 15) is 17.6 Å². The average molecular weight is 414 g/mol. The lowest BCUT2D eigenvalue weighted by Crippen LogP contribution is -2.38. The van der Waals surface area contributed by atoms with Crippen LogP contribution >= 0.6 is 0 Å². The van der Waals surface area contributed by atoms with Gasteiger partial charge < -0.3 is 15.0 Å². The smallest absolute Gasteiger partial charge is 0.378 e. The van der Waals surface area contributed by atoms with Gasteiger partial charge >= 0.3 is 6.18 Å². The second-order valence-corrected chi connectivity index (χ2v) is 7.47. The molecular weight excluding hydrogens is 388 g/mol. The molecule has 0 amide bonds. The van der Waals surface area contributed by atoms with E-state index in [1.54, 1.807) is 0 Å². The van der Waals surface area contributed by atoms with Gasteiger partial charge in [0, 0.05) is 38.8 Å². The van der Waals surface area contributed by atoms with Gasteiger partial charge in [0.05, 0.1) is 24.5 Å². The van der Waals surface area contributed by atoms with Crippen LogP contribution in [0.25, 0.3) is 0 Å². The highest BCUT2D eigenvalue weighted by atomic mass is 19.4. The molecule has 0 spiro atoms. The van der Waals surface area contributed by atoms with Gasteiger partial charge in [-0.15, -0.1) is 0 Å². The van der Waals surface area contributed by atoms with E-state index in [2.05, 4.69) is 15.3 Å². The Morgan fingerprint density at radius 2 is 1.86 bits per heavy atom. The molecule has 1 aliphatic heterocycles. The third kappa shape index (κ3) is 4.90. The van der Waals surface area contributed by atoms with Crippen LogP contribution in [0.3, 0.4) is 0 Å². The van der Waals surface area contributed by atoms with E-state index in [0.29, 0.717) is 25.8 Å². The van der Waals surface area contributed by atoms with Gasteiger partial charge in [-0.3, -0.25) is 4.68 Å². The minimum Gasteiger partial charge on any atom is -0.378 e. The summed E-state index contributed by atoms with van der Waals surface area (Å²) in [7, 11) is 1.88. The van der Waals surface area contributed by atoms with Crippen LogP contribution in [-0.2, 0) is 31.1 Å². The summed E-state index contributed by atoms with van der Waals surface area (Å²) in [5, 5.41) is 7.75. The first-order valence-electron chi connectivity index (χ1n) is 9.63. The number of nitrogens with zero attached hydrogens (tertiary/aromatic N) is 3. The fourth-order valence-corrected chi connectivity index (χ4v) is 3.67. The Morgan fingerprint density at radius 3 is 2.48 bits per heavy atom. The van der Waals surface area contributed by atoms with Gasteiger partial charge in [0.25, 0.3) is 0 Å². The third-order valence-electron chi connectivity index (χ3n) is 5.00. The summed E-state index contributed by atoms with van der Waals surface area (Å²) in [6, 6.07) is 2.77. The van der Waals surface area contributed by atoms with Crippen molar-refractivity contribution in [1.29, 1.82) is 0 Å². The molecule has 0 radical (unpaired) electrons. The minimum absolute atomic E-state index is 0.0156. The maximum Gasteiger partial charge on any atom is 0.416 e. The van der Waals surface area contributed by atoms with E-state index in [-0.39, 0.29) is 18.0 Å². The molecule has 29 heavy (non-hydrogen) atoms. The van der Waals surface area contributed by atoms with E-state index < -0.39 is 17.6 Å². The highest BCUT2D eigenvalue weighted by Gasteiger charge is 2.33. The number of hydrogen-bond donors (Lipinski definition) is 1. The summed E-state index contributed by atoms with van der Waals surface area (Å²) in [5.74, 6) is 0.231. The molecular formula is C20H26F4N4O. The monoisotopic (exact) mass is 414 g/mol. The molecule has 0 saturated carbocycles. The predicted octanol–water partition coefficient (Wildman–Crippen LogP) is 3.83. The highest BCUT2D eigenvalue weighted by molar-refractivity contribution is 5.51. The van der Waals surface area contributed by atoms with Gasteiger partial charge in [-0.25, -0.2) is 4.39 Å². The van der Waals surface area contributed by atoms with E-state index in [1.165, 1.54) is 6.07 Å². The largest absolute Gasteiger partial charge is 0.416 e. The molecule has 1 N–H and O–H groups in total. The van der Waals surface area contributed by atoms with Crippen molar-refractivity contribution in [3.05, 3.63) is 46.4 Å². The molecule has 5 nitrogen and oxygen atoms in total. The molecule has 0 unspecified atom stereocenters. The number of anilines is 1. The third-order valence-corrected chi connectivity index (χ3v) is 5.00. The first kappa shape index (κ1) is 21.6. The molecule has 0 atom stereocenters. The number of alkyl halides is 3. The zero-order valence-corrected chi connectivity index (χ0v) is 16.8. The zero-order valence-electron chi connectivity index (χ0n) is 16.8. The first-order valence-corrected chi connectivity index (χ1v) is 9.63. The lowest BCUT2D eigenvalue weighted by Gasteiger charge is -2.29. The van der Waals surface area contributed by atoms with Crippen molar-refractivity contribution in [2.24, 2.45) is 7.05 Å². The van der Waals surface area contributed by atoms with Crippen molar-refractivity contribution in [2.75, 3.05) is 31.2 Å². The first-order chi connectivity index (χ1) is 13.7. The Labute approximate surface area is 167 Å². The maximum atomic E-state index is 13.3. The van der Waals surface area contributed by atoms with E-state index in [4.69, 9.17) is 4.74 Å². The molecule has 160 valence electrons. The van der Waals surface area contributed by atoms with Gasteiger partial charge in [0.2, 0.25) is 0 Å². The SMILES string of the molecule is CC(C)c1nn(C)c(N2CCOCC2)c1CNCc1ccc(F)cc1C(F)(F)F. The van der Waals surface area contributed by atoms with Gasteiger partial charge in [0.15, 0.2) is 0 Å². The minimum atomic E-state index is -4.60. The fraction of sp³-hybridized carbons (Fsp3) is 0.550. The summed E-state index contributed by atoms with van der Waals surface area (Å²) in [6.07, 6.45) is -4.60. The summed E-state index contributed by atoms with van der Waals surface area (Å²) in [5.41, 5.74) is 0.951. The van der Waals surface area contributed by atoms with Crippen molar-refractivity contribution >= 4 is 5.82 Å².